The highest BCUT2D eigenvalue weighted by Crippen LogP contribution is 2.31. The molecule has 0 aliphatic carbocycles. The lowest BCUT2D eigenvalue weighted by molar-refractivity contribution is -0.141. The number of nitrogens with zero attached hydrogens (tertiary/aromatic N) is 4. The van der Waals surface area contributed by atoms with E-state index < -0.39 is 11.9 Å². The van der Waals surface area contributed by atoms with E-state index in [1.54, 1.807) is 19.2 Å². The van der Waals surface area contributed by atoms with Gasteiger partial charge in [0, 0.05) is 50.2 Å². The fourth-order valence-corrected chi connectivity index (χ4v) is 3.02. The predicted octanol–water partition coefficient (Wildman–Crippen LogP) is 2.18. The van der Waals surface area contributed by atoms with Crippen molar-refractivity contribution in [2.45, 2.75) is 25.1 Å². The van der Waals surface area contributed by atoms with Gasteiger partial charge in [0.15, 0.2) is 11.5 Å². The average molecular weight is 394 g/mol. The van der Waals surface area contributed by atoms with Gasteiger partial charge in [-0.2, -0.15) is 13.2 Å². The number of alkyl halides is 3. The molecule has 1 aliphatic rings. The Morgan fingerprint density at radius 2 is 1.89 bits per heavy atom. The van der Waals surface area contributed by atoms with Crippen LogP contribution in [-0.4, -0.2) is 58.5 Å². The van der Waals surface area contributed by atoms with Gasteiger partial charge in [-0.25, -0.2) is 9.97 Å². The third-order valence-corrected chi connectivity index (χ3v) is 4.54. The first-order valence-electron chi connectivity index (χ1n) is 8.91. The monoisotopic (exact) mass is 394 g/mol. The highest BCUT2D eigenvalue weighted by atomic mass is 19.4. The first-order chi connectivity index (χ1) is 13.3. The number of halogens is 3. The van der Waals surface area contributed by atoms with E-state index in [0.717, 1.165) is 6.07 Å². The molecule has 1 amide bonds. The van der Waals surface area contributed by atoms with Gasteiger partial charge in [0.2, 0.25) is 5.91 Å². The minimum Gasteiger partial charge on any atom is -0.367 e. The minimum atomic E-state index is -4.57. The normalized spacial score (nSPS) is 16.0. The smallest absolute Gasteiger partial charge is 0.367 e. The highest BCUT2D eigenvalue weighted by molar-refractivity contribution is 5.77. The second-order valence-corrected chi connectivity index (χ2v) is 6.56. The van der Waals surface area contributed by atoms with Crippen LogP contribution in [0.5, 0.6) is 0 Å². The number of carbonyl (C=O) groups excluding carboxylic acids is 1. The van der Waals surface area contributed by atoms with Gasteiger partial charge in [-0.3, -0.25) is 14.7 Å². The van der Waals surface area contributed by atoms with E-state index in [0.29, 0.717) is 38.0 Å². The number of piperidine rings is 1. The Bertz CT molecular complexity index is 807. The number of carbonyl (C=O) groups is 1. The van der Waals surface area contributed by atoms with E-state index in [-0.39, 0.29) is 23.6 Å². The van der Waals surface area contributed by atoms with Crippen LogP contribution in [0.3, 0.4) is 0 Å². The largest absolute Gasteiger partial charge is 0.433 e. The zero-order valence-corrected chi connectivity index (χ0v) is 15.3. The summed E-state index contributed by atoms with van der Waals surface area (Å²) in [5.41, 5.74) is -0.529. The summed E-state index contributed by atoms with van der Waals surface area (Å²) >= 11 is 0. The van der Waals surface area contributed by atoms with Crippen LogP contribution in [0.4, 0.5) is 19.0 Å². The zero-order chi connectivity index (χ0) is 20.1. The molecule has 2 aromatic rings. The lowest BCUT2D eigenvalue weighted by atomic mass is 10.0. The van der Waals surface area contributed by atoms with Crippen molar-refractivity contribution < 1.29 is 18.0 Å². The second-order valence-electron chi connectivity index (χ2n) is 6.56. The maximum atomic E-state index is 13.3. The minimum absolute atomic E-state index is 0.00298. The van der Waals surface area contributed by atoms with Crippen LogP contribution < -0.4 is 10.6 Å². The molecule has 1 saturated heterocycles. The molecule has 0 atom stereocenters. The number of rotatable bonds is 5. The van der Waals surface area contributed by atoms with Gasteiger partial charge < -0.3 is 10.6 Å². The maximum absolute atomic E-state index is 13.3. The van der Waals surface area contributed by atoms with Crippen molar-refractivity contribution in [3.8, 4) is 11.4 Å². The van der Waals surface area contributed by atoms with E-state index in [1.165, 1.54) is 12.4 Å². The molecule has 0 unspecified atom stereocenters. The lowest BCUT2D eigenvalue weighted by Gasteiger charge is -2.32. The van der Waals surface area contributed by atoms with Crippen molar-refractivity contribution in [2.75, 3.05) is 32.0 Å². The summed E-state index contributed by atoms with van der Waals surface area (Å²) in [7, 11) is 1.59. The molecule has 1 aliphatic heterocycles. The van der Waals surface area contributed by atoms with Crippen LogP contribution in [0.15, 0.2) is 30.6 Å². The number of hydrogen-bond donors (Lipinski definition) is 2. The van der Waals surface area contributed by atoms with Crippen LogP contribution in [-0.2, 0) is 11.0 Å². The number of pyridine rings is 1. The number of aromatic nitrogens is 3. The van der Waals surface area contributed by atoms with Crippen LogP contribution in [0.1, 0.15) is 18.5 Å². The fraction of sp³-hybridized carbons (Fsp3) is 0.444. The van der Waals surface area contributed by atoms with E-state index in [1.807, 2.05) is 4.90 Å². The summed E-state index contributed by atoms with van der Waals surface area (Å²) in [6.07, 6.45) is -0.208. The molecule has 2 aromatic heterocycles. The number of hydrogen-bond acceptors (Lipinski definition) is 6. The Kier molecular flexibility index (Phi) is 6.08. The SMILES string of the molecule is CNC(=O)CN1CCC(Nc2cc(C(F)(F)F)nc(-c3ccncc3)n2)CC1. The van der Waals surface area contributed by atoms with Gasteiger partial charge in [0.25, 0.3) is 0 Å². The Morgan fingerprint density at radius 1 is 1.21 bits per heavy atom. The quantitative estimate of drug-likeness (QED) is 0.809. The summed E-state index contributed by atoms with van der Waals surface area (Å²) in [5, 5.41) is 5.68. The molecule has 3 heterocycles. The van der Waals surface area contributed by atoms with Gasteiger partial charge in [-0.1, -0.05) is 0 Å². The number of likely N-dealkylation sites (N-methyl/N-ethyl adjacent to an activating group) is 1. The topological polar surface area (TPSA) is 83.0 Å². The molecule has 0 saturated carbocycles. The van der Waals surface area contributed by atoms with Crippen molar-refractivity contribution >= 4 is 11.7 Å². The standard InChI is InChI=1S/C18H21F3N6O/c1-22-16(28)11-27-8-4-13(5-9-27)24-15-10-14(18(19,20)21)25-17(26-15)12-2-6-23-7-3-12/h2-3,6-7,10,13H,4-5,8-9,11H2,1H3,(H,22,28)(H,24,25,26). The third kappa shape index (κ3) is 5.16. The first-order valence-corrected chi connectivity index (χ1v) is 8.91. The van der Waals surface area contributed by atoms with Crippen molar-refractivity contribution in [1.82, 2.24) is 25.2 Å². The molecule has 0 bridgehead atoms. The van der Waals surface area contributed by atoms with Crippen LogP contribution >= 0.6 is 0 Å². The van der Waals surface area contributed by atoms with Crippen molar-refractivity contribution in [3.05, 3.63) is 36.3 Å². The maximum Gasteiger partial charge on any atom is 0.433 e. The predicted molar refractivity (Wildman–Crippen MR) is 97.4 cm³/mol. The summed E-state index contributed by atoms with van der Waals surface area (Å²) < 4.78 is 39.8. The molecule has 0 radical (unpaired) electrons. The Balaban J connectivity index is 1.74. The van der Waals surface area contributed by atoms with Crippen LogP contribution in [0, 0.1) is 0 Å². The molecular weight excluding hydrogens is 373 g/mol. The molecule has 10 heteroatoms. The van der Waals surface area contributed by atoms with Crippen molar-refractivity contribution in [1.29, 1.82) is 0 Å². The van der Waals surface area contributed by atoms with Gasteiger partial charge in [-0.05, 0) is 25.0 Å². The summed E-state index contributed by atoms with van der Waals surface area (Å²) in [5.74, 6) is 0.0784. The van der Waals surface area contributed by atoms with Gasteiger partial charge >= 0.3 is 6.18 Å². The van der Waals surface area contributed by atoms with E-state index in [4.69, 9.17) is 0 Å². The lowest BCUT2D eigenvalue weighted by Crippen LogP contribution is -2.43. The van der Waals surface area contributed by atoms with Gasteiger partial charge in [0.05, 0.1) is 6.54 Å². The van der Waals surface area contributed by atoms with Gasteiger partial charge in [0.1, 0.15) is 5.82 Å². The Hall–Kier alpha value is -2.75. The van der Waals surface area contributed by atoms with E-state index in [2.05, 4.69) is 25.6 Å². The van der Waals surface area contributed by atoms with Gasteiger partial charge in [-0.15, -0.1) is 0 Å². The number of amides is 1. The van der Waals surface area contributed by atoms with E-state index >= 15 is 0 Å². The number of nitrogens with one attached hydrogen (secondary N) is 2. The molecule has 1 fully saturated rings. The van der Waals surface area contributed by atoms with Crippen LogP contribution in [0.2, 0.25) is 0 Å². The molecule has 7 nitrogen and oxygen atoms in total. The summed E-state index contributed by atoms with van der Waals surface area (Å²) in [4.78, 5) is 25.3. The molecule has 150 valence electrons. The second kappa shape index (κ2) is 8.51. The highest BCUT2D eigenvalue weighted by Gasteiger charge is 2.34. The first kappa shape index (κ1) is 20.0. The number of likely N-dealkylation sites (tertiary alicyclic amines) is 1. The molecule has 28 heavy (non-hydrogen) atoms. The number of anilines is 1. The third-order valence-electron chi connectivity index (χ3n) is 4.54. The van der Waals surface area contributed by atoms with Crippen molar-refractivity contribution in [3.63, 3.8) is 0 Å². The molecule has 2 N–H and O–H groups in total. The Morgan fingerprint density at radius 3 is 2.50 bits per heavy atom. The summed E-state index contributed by atoms with van der Waals surface area (Å²) in [6, 6.07) is 4.04. The molecule has 0 aromatic carbocycles. The molecule has 3 rings (SSSR count). The Labute approximate surface area is 160 Å². The molecular formula is C18H21F3N6O. The average Bonchev–Trinajstić information content (AvgIpc) is 2.69. The van der Waals surface area contributed by atoms with Crippen LogP contribution in [0.25, 0.3) is 11.4 Å². The fourth-order valence-electron chi connectivity index (χ4n) is 3.02. The molecule has 0 spiro atoms. The van der Waals surface area contributed by atoms with E-state index in [9.17, 15) is 18.0 Å². The van der Waals surface area contributed by atoms with Crippen molar-refractivity contribution in [2.24, 2.45) is 0 Å². The zero-order valence-electron chi connectivity index (χ0n) is 15.3. The summed E-state index contributed by atoms with van der Waals surface area (Å²) in [6.45, 7) is 1.68.